The Morgan fingerprint density at radius 2 is 1.96 bits per heavy atom. The lowest BCUT2D eigenvalue weighted by molar-refractivity contribution is 0.281. The predicted octanol–water partition coefficient (Wildman–Crippen LogP) is 1.17. The number of guanidine groups is 1. The lowest BCUT2D eigenvalue weighted by Crippen LogP contribution is -2.43. The van der Waals surface area contributed by atoms with E-state index in [9.17, 15) is 8.42 Å². The minimum atomic E-state index is -3.17. The monoisotopic (exact) mass is 376 g/mol. The largest absolute Gasteiger partial charge is 0.492 e. The van der Waals surface area contributed by atoms with E-state index >= 15 is 0 Å². The number of rotatable bonds is 9. The molecule has 0 saturated carbocycles. The van der Waals surface area contributed by atoms with Gasteiger partial charge in [0.1, 0.15) is 12.4 Å². The summed E-state index contributed by atoms with van der Waals surface area (Å²) in [6, 6.07) is 7.18. The van der Waals surface area contributed by atoms with Crippen LogP contribution in [0.1, 0.15) is 6.92 Å². The van der Waals surface area contributed by atoms with Gasteiger partial charge in [-0.25, -0.2) is 13.1 Å². The summed E-state index contributed by atoms with van der Waals surface area (Å²) in [7, 11) is 0.396. The van der Waals surface area contributed by atoms with Crippen molar-refractivity contribution in [3.8, 4) is 5.75 Å². The summed E-state index contributed by atoms with van der Waals surface area (Å²) in [4.78, 5) is 6.07. The van der Waals surface area contributed by atoms with Crippen LogP contribution < -0.4 is 14.8 Å². The zero-order chi connectivity index (χ0) is 18.0. The highest BCUT2D eigenvalue weighted by Gasteiger charge is 2.07. The molecule has 0 aliphatic rings. The number of sulfonamides is 1. The van der Waals surface area contributed by atoms with Crippen LogP contribution in [0.5, 0.6) is 5.75 Å². The van der Waals surface area contributed by atoms with Gasteiger partial charge in [-0.05, 0) is 31.2 Å². The molecular weight excluding hydrogens is 352 g/mol. The highest BCUT2D eigenvalue weighted by atomic mass is 35.5. The minimum absolute atomic E-state index is 0.0731. The van der Waals surface area contributed by atoms with Gasteiger partial charge in [0, 0.05) is 32.2 Å². The van der Waals surface area contributed by atoms with Crippen LogP contribution in [0, 0.1) is 0 Å². The molecule has 0 atom stereocenters. The van der Waals surface area contributed by atoms with Crippen LogP contribution >= 0.6 is 11.6 Å². The number of likely N-dealkylation sites (N-methyl/N-ethyl adjacent to an activating group) is 1. The summed E-state index contributed by atoms with van der Waals surface area (Å²) in [6.07, 6.45) is 0. The number of hydrogen-bond acceptors (Lipinski definition) is 4. The average molecular weight is 377 g/mol. The van der Waals surface area contributed by atoms with Crippen LogP contribution in [-0.2, 0) is 10.0 Å². The summed E-state index contributed by atoms with van der Waals surface area (Å²) in [6.45, 7) is 3.48. The number of ether oxygens (including phenoxy) is 1. The first-order chi connectivity index (χ1) is 11.4. The van der Waals surface area contributed by atoms with Gasteiger partial charge in [0.05, 0.1) is 12.3 Å². The van der Waals surface area contributed by atoms with E-state index < -0.39 is 10.0 Å². The molecule has 0 amide bonds. The molecule has 0 aliphatic carbocycles. The second-order valence-corrected chi connectivity index (χ2v) is 7.53. The van der Waals surface area contributed by atoms with Gasteiger partial charge in [-0.1, -0.05) is 11.6 Å². The molecule has 0 aliphatic heterocycles. The molecule has 0 spiro atoms. The minimum Gasteiger partial charge on any atom is -0.492 e. The Kier molecular flexibility index (Phi) is 8.88. The predicted molar refractivity (Wildman–Crippen MR) is 98.4 cm³/mol. The lowest BCUT2D eigenvalue weighted by Gasteiger charge is -2.22. The third kappa shape index (κ3) is 7.85. The van der Waals surface area contributed by atoms with Gasteiger partial charge in [-0.3, -0.25) is 4.99 Å². The second kappa shape index (κ2) is 10.4. The van der Waals surface area contributed by atoms with Crippen molar-refractivity contribution in [1.82, 2.24) is 14.9 Å². The summed E-state index contributed by atoms with van der Waals surface area (Å²) in [5.74, 6) is 1.50. The van der Waals surface area contributed by atoms with Crippen molar-refractivity contribution in [3.05, 3.63) is 29.3 Å². The highest BCUT2D eigenvalue weighted by molar-refractivity contribution is 7.89. The molecule has 2 N–H and O–H groups in total. The van der Waals surface area contributed by atoms with E-state index in [0.29, 0.717) is 37.2 Å². The van der Waals surface area contributed by atoms with E-state index in [1.807, 2.05) is 24.1 Å². The summed E-state index contributed by atoms with van der Waals surface area (Å²) in [5, 5.41) is 3.77. The van der Waals surface area contributed by atoms with Crippen molar-refractivity contribution >= 4 is 27.6 Å². The number of nitrogens with one attached hydrogen (secondary N) is 2. The van der Waals surface area contributed by atoms with Crippen molar-refractivity contribution in [2.24, 2.45) is 4.99 Å². The second-order valence-electron chi connectivity index (χ2n) is 5.00. The van der Waals surface area contributed by atoms with Crippen molar-refractivity contribution in [3.63, 3.8) is 0 Å². The Morgan fingerprint density at radius 3 is 2.54 bits per heavy atom. The summed E-state index contributed by atoms with van der Waals surface area (Å²) >= 11 is 5.82. The molecule has 7 nitrogen and oxygen atoms in total. The van der Waals surface area contributed by atoms with Gasteiger partial charge in [0.2, 0.25) is 10.0 Å². The molecular formula is C15H25ClN4O3S. The number of nitrogens with zero attached hydrogens (tertiary/aromatic N) is 2. The van der Waals surface area contributed by atoms with E-state index in [1.165, 1.54) is 0 Å². The molecule has 1 aromatic rings. The third-order valence-corrected chi connectivity index (χ3v) is 4.85. The van der Waals surface area contributed by atoms with Crippen molar-refractivity contribution in [2.75, 3.05) is 46.1 Å². The summed E-state index contributed by atoms with van der Waals surface area (Å²) < 4.78 is 30.8. The smallest absolute Gasteiger partial charge is 0.211 e. The molecule has 0 saturated heterocycles. The van der Waals surface area contributed by atoms with Crippen molar-refractivity contribution in [1.29, 1.82) is 0 Å². The maximum atomic E-state index is 11.3. The van der Waals surface area contributed by atoms with Crippen LogP contribution in [0.25, 0.3) is 0 Å². The Bertz CT molecular complexity index is 620. The van der Waals surface area contributed by atoms with E-state index in [2.05, 4.69) is 15.0 Å². The molecule has 0 fully saturated rings. The van der Waals surface area contributed by atoms with E-state index in [0.717, 1.165) is 5.75 Å². The van der Waals surface area contributed by atoms with Crippen LogP contribution in [0.2, 0.25) is 5.02 Å². The Hall–Kier alpha value is -1.51. The van der Waals surface area contributed by atoms with Crippen LogP contribution in [0.15, 0.2) is 29.3 Å². The fourth-order valence-electron chi connectivity index (χ4n) is 1.80. The molecule has 0 heterocycles. The number of aliphatic imine (C=N–C) groups is 1. The van der Waals surface area contributed by atoms with Crippen LogP contribution in [-0.4, -0.2) is 65.4 Å². The van der Waals surface area contributed by atoms with E-state index in [1.54, 1.807) is 26.1 Å². The molecule has 24 heavy (non-hydrogen) atoms. The van der Waals surface area contributed by atoms with Crippen LogP contribution in [0.4, 0.5) is 0 Å². The van der Waals surface area contributed by atoms with Gasteiger partial charge in [-0.2, -0.15) is 0 Å². The van der Waals surface area contributed by atoms with Crippen LogP contribution in [0.3, 0.4) is 0 Å². The highest BCUT2D eigenvalue weighted by Crippen LogP contribution is 2.15. The van der Waals surface area contributed by atoms with Gasteiger partial charge >= 0.3 is 0 Å². The molecule has 136 valence electrons. The van der Waals surface area contributed by atoms with Crippen molar-refractivity contribution in [2.45, 2.75) is 6.92 Å². The van der Waals surface area contributed by atoms with Gasteiger partial charge in [-0.15, -0.1) is 0 Å². The Labute approximate surface area is 149 Å². The number of halogens is 1. The standard InChI is InChI=1S/C15H25ClN4O3S/c1-4-24(21,22)19-10-9-18-15(17-2)20(3)11-12-23-14-7-5-13(16)6-8-14/h5-8,19H,4,9-12H2,1-3H3,(H,17,18). The molecule has 0 bridgehead atoms. The van der Waals surface area contributed by atoms with Crippen molar-refractivity contribution < 1.29 is 13.2 Å². The number of benzene rings is 1. The first-order valence-electron chi connectivity index (χ1n) is 7.65. The fraction of sp³-hybridized carbons (Fsp3) is 0.533. The summed E-state index contributed by atoms with van der Waals surface area (Å²) in [5.41, 5.74) is 0. The first kappa shape index (κ1) is 20.5. The molecule has 9 heteroatoms. The van der Waals surface area contributed by atoms with E-state index in [4.69, 9.17) is 16.3 Å². The first-order valence-corrected chi connectivity index (χ1v) is 9.68. The SMILES string of the molecule is CCS(=O)(=O)NCCNC(=NC)N(C)CCOc1ccc(Cl)cc1. The van der Waals surface area contributed by atoms with E-state index in [-0.39, 0.29) is 5.75 Å². The zero-order valence-corrected chi connectivity index (χ0v) is 15.8. The lowest BCUT2D eigenvalue weighted by atomic mass is 10.3. The quantitative estimate of drug-likeness (QED) is 0.384. The van der Waals surface area contributed by atoms with Gasteiger partial charge in [0.15, 0.2) is 5.96 Å². The molecule has 1 aromatic carbocycles. The topological polar surface area (TPSA) is 83.0 Å². The van der Waals surface area contributed by atoms with Gasteiger partial charge < -0.3 is 15.0 Å². The molecule has 1 rings (SSSR count). The maximum Gasteiger partial charge on any atom is 0.211 e. The normalized spacial score (nSPS) is 12.1. The molecule has 0 unspecified atom stereocenters. The number of hydrogen-bond donors (Lipinski definition) is 2. The van der Waals surface area contributed by atoms with Gasteiger partial charge in [0.25, 0.3) is 0 Å². The maximum absolute atomic E-state index is 11.3. The Balaban J connectivity index is 2.30. The average Bonchev–Trinajstić information content (AvgIpc) is 2.56. The molecule has 0 radical (unpaired) electrons. The Morgan fingerprint density at radius 1 is 1.29 bits per heavy atom. The fourth-order valence-corrected chi connectivity index (χ4v) is 2.55. The molecule has 0 aromatic heterocycles. The third-order valence-electron chi connectivity index (χ3n) is 3.19. The zero-order valence-electron chi connectivity index (χ0n) is 14.3.